The van der Waals surface area contributed by atoms with E-state index in [2.05, 4.69) is 0 Å². The molecule has 10 nitrogen and oxygen atoms in total. The Labute approximate surface area is 207 Å². The van der Waals surface area contributed by atoms with E-state index in [1.807, 2.05) is 12.2 Å². The predicted molar refractivity (Wildman–Crippen MR) is 130 cm³/mol. The molecule has 0 saturated carbocycles. The fourth-order valence-corrected chi connectivity index (χ4v) is 3.88. The molecule has 2 aromatic rings. The SMILES string of the molecule is COc1cc(/C=C\c2ccc(OSC)c(OC3OC(CO)C(O)C(O)C3O)c2)cc(OC)c1OC. The summed E-state index contributed by atoms with van der Waals surface area (Å²) in [5.74, 6) is 2.11. The minimum Gasteiger partial charge on any atom is -0.493 e. The highest BCUT2D eigenvalue weighted by Crippen LogP contribution is 2.39. The van der Waals surface area contributed by atoms with Crippen LogP contribution in [0.1, 0.15) is 11.1 Å². The first-order valence-corrected chi connectivity index (χ1v) is 11.8. The quantitative estimate of drug-likeness (QED) is 0.275. The molecule has 3 rings (SSSR count). The average molecular weight is 511 g/mol. The summed E-state index contributed by atoms with van der Waals surface area (Å²) in [6.45, 7) is -0.559. The maximum absolute atomic E-state index is 10.3. The monoisotopic (exact) mass is 510 g/mol. The van der Waals surface area contributed by atoms with Crippen LogP contribution in [-0.2, 0) is 4.74 Å². The minimum absolute atomic E-state index is 0.232. The third-order valence-electron chi connectivity index (χ3n) is 5.39. The van der Waals surface area contributed by atoms with Gasteiger partial charge in [-0.2, -0.15) is 0 Å². The van der Waals surface area contributed by atoms with Crippen molar-refractivity contribution < 1.29 is 48.3 Å². The first-order chi connectivity index (χ1) is 16.9. The maximum Gasteiger partial charge on any atom is 0.229 e. The predicted octanol–water partition coefficient (Wildman–Crippen LogP) is 1.72. The van der Waals surface area contributed by atoms with E-state index in [0.29, 0.717) is 23.0 Å². The normalized spacial score (nSPS) is 24.3. The molecule has 11 heteroatoms. The topological polar surface area (TPSA) is 136 Å². The molecule has 0 radical (unpaired) electrons. The molecule has 0 amide bonds. The van der Waals surface area contributed by atoms with Crippen LogP contribution in [0.5, 0.6) is 28.7 Å². The van der Waals surface area contributed by atoms with Gasteiger partial charge in [-0.1, -0.05) is 18.2 Å². The fourth-order valence-electron chi connectivity index (χ4n) is 3.56. The van der Waals surface area contributed by atoms with Crippen molar-refractivity contribution in [2.75, 3.05) is 34.2 Å². The second kappa shape index (κ2) is 12.3. The molecule has 5 unspecified atom stereocenters. The molecule has 192 valence electrons. The summed E-state index contributed by atoms with van der Waals surface area (Å²) in [5.41, 5.74) is 1.52. The molecule has 2 aromatic carbocycles. The summed E-state index contributed by atoms with van der Waals surface area (Å²) in [6.07, 6.45) is -1.63. The molecular formula is C24H30O10S. The molecule has 0 aromatic heterocycles. The zero-order valence-corrected chi connectivity index (χ0v) is 20.6. The molecule has 35 heavy (non-hydrogen) atoms. The van der Waals surface area contributed by atoms with E-state index in [9.17, 15) is 20.4 Å². The van der Waals surface area contributed by atoms with Crippen molar-refractivity contribution >= 4 is 24.2 Å². The standard InChI is InChI=1S/C24H30O10S/c1-29-17-10-14(11-18(30-2)23(17)31-3)6-5-13-7-8-15(34-35-4)16(9-13)32-24-22(28)21(27)20(26)19(12-25)33-24/h5-11,19-22,24-28H,12H2,1-4H3/b6-5-. The Kier molecular flexibility index (Phi) is 9.49. The van der Waals surface area contributed by atoms with Gasteiger partial charge >= 0.3 is 0 Å². The Hall–Kier alpha value is -2.67. The number of ether oxygens (including phenoxy) is 5. The summed E-state index contributed by atoms with van der Waals surface area (Å²) in [6, 6.07) is 8.76. The molecule has 5 atom stereocenters. The lowest BCUT2D eigenvalue weighted by molar-refractivity contribution is -0.277. The zero-order valence-electron chi connectivity index (χ0n) is 19.8. The van der Waals surface area contributed by atoms with E-state index in [0.717, 1.165) is 23.2 Å². The van der Waals surface area contributed by atoms with Gasteiger partial charge in [0.2, 0.25) is 12.0 Å². The smallest absolute Gasteiger partial charge is 0.229 e. The first kappa shape index (κ1) is 26.9. The second-order valence-electron chi connectivity index (χ2n) is 7.56. The molecule has 1 fully saturated rings. The van der Waals surface area contributed by atoms with Gasteiger partial charge in [0.1, 0.15) is 24.4 Å². The van der Waals surface area contributed by atoms with E-state index in [1.54, 1.807) is 36.6 Å². The van der Waals surface area contributed by atoms with E-state index in [4.69, 9.17) is 27.9 Å². The van der Waals surface area contributed by atoms with Crippen LogP contribution in [0.15, 0.2) is 30.3 Å². The third-order valence-corrected chi connectivity index (χ3v) is 5.73. The lowest BCUT2D eigenvalue weighted by Gasteiger charge is -2.39. The number of aliphatic hydroxyl groups is 4. The van der Waals surface area contributed by atoms with Gasteiger partial charge in [0.15, 0.2) is 23.0 Å². The van der Waals surface area contributed by atoms with Gasteiger partial charge in [-0.05, 0) is 35.4 Å². The number of aliphatic hydroxyl groups excluding tert-OH is 4. The minimum atomic E-state index is -1.56. The van der Waals surface area contributed by atoms with Crippen LogP contribution in [0.3, 0.4) is 0 Å². The lowest BCUT2D eigenvalue weighted by atomic mass is 9.99. The number of hydrogen-bond donors (Lipinski definition) is 4. The van der Waals surface area contributed by atoms with Crippen LogP contribution in [0.4, 0.5) is 0 Å². The van der Waals surface area contributed by atoms with Gasteiger partial charge in [-0.3, -0.25) is 0 Å². The second-order valence-corrected chi connectivity index (χ2v) is 8.06. The molecule has 1 saturated heterocycles. The van der Waals surface area contributed by atoms with Gasteiger partial charge < -0.3 is 48.3 Å². The van der Waals surface area contributed by atoms with Crippen LogP contribution in [0, 0.1) is 0 Å². The largest absolute Gasteiger partial charge is 0.493 e. The van der Waals surface area contributed by atoms with Crippen molar-refractivity contribution in [1.82, 2.24) is 0 Å². The highest BCUT2D eigenvalue weighted by Gasteiger charge is 2.45. The molecule has 0 spiro atoms. The summed E-state index contributed by atoms with van der Waals surface area (Å²) in [4.78, 5) is 0. The van der Waals surface area contributed by atoms with Crippen LogP contribution < -0.4 is 23.1 Å². The number of benzene rings is 2. The van der Waals surface area contributed by atoms with Crippen molar-refractivity contribution in [3.8, 4) is 28.7 Å². The number of rotatable bonds is 10. The Bertz CT molecular complexity index is 987. The van der Waals surface area contributed by atoms with E-state index in [1.165, 1.54) is 21.3 Å². The van der Waals surface area contributed by atoms with Gasteiger partial charge in [0.25, 0.3) is 0 Å². The van der Waals surface area contributed by atoms with Crippen LogP contribution in [0.2, 0.25) is 0 Å². The van der Waals surface area contributed by atoms with Gasteiger partial charge in [-0.25, -0.2) is 0 Å². The maximum atomic E-state index is 10.3. The van der Waals surface area contributed by atoms with E-state index in [-0.39, 0.29) is 5.75 Å². The summed E-state index contributed by atoms with van der Waals surface area (Å²) < 4.78 is 32.9. The van der Waals surface area contributed by atoms with Crippen molar-refractivity contribution in [2.45, 2.75) is 30.7 Å². The summed E-state index contributed by atoms with van der Waals surface area (Å²) >= 11 is 1.10. The van der Waals surface area contributed by atoms with Gasteiger partial charge in [0.05, 0.1) is 40.0 Å². The Morgan fingerprint density at radius 3 is 2.03 bits per heavy atom. The van der Waals surface area contributed by atoms with Gasteiger partial charge in [0, 0.05) is 6.26 Å². The molecule has 0 bridgehead atoms. The fraction of sp³-hybridized carbons (Fsp3) is 0.417. The Morgan fingerprint density at radius 2 is 1.46 bits per heavy atom. The van der Waals surface area contributed by atoms with E-state index >= 15 is 0 Å². The first-order valence-electron chi connectivity index (χ1n) is 10.7. The number of hydrogen-bond acceptors (Lipinski definition) is 11. The summed E-state index contributed by atoms with van der Waals surface area (Å²) in [5, 5.41) is 39.8. The van der Waals surface area contributed by atoms with Crippen molar-refractivity contribution in [2.24, 2.45) is 0 Å². The third kappa shape index (κ3) is 6.13. The highest BCUT2D eigenvalue weighted by molar-refractivity contribution is 7.94. The molecule has 1 heterocycles. The number of methoxy groups -OCH3 is 3. The molecule has 0 aliphatic carbocycles. The van der Waals surface area contributed by atoms with E-state index < -0.39 is 37.3 Å². The van der Waals surface area contributed by atoms with Crippen LogP contribution in [-0.4, -0.2) is 85.3 Å². The van der Waals surface area contributed by atoms with Crippen molar-refractivity contribution in [3.05, 3.63) is 41.5 Å². The van der Waals surface area contributed by atoms with Crippen LogP contribution >= 0.6 is 12.0 Å². The highest BCUT2D eigenvalue weighted by atomic mass is 32.2. The molecule has 4 N–H and O–H groups in total. The van der Waals surface area contributed by atoms with Gasteiger partial charge in [-0.15, -0.1) is 0 Å². The molecule has 1 aliphatic rings. The van der Waals surface area contributed by atoms with Crippen molar-refractivity contribution in [3.63, 3.8) is 0 Å². The lowest BCUT2D eigenvalue weighted by Crippen LogP contribution is -2.60. The molecular weight excluding hydrogens is 480 g/mol. The summed E-state index contributed by atoms with van der Waals surface area (Å²) in [7, 11) is 4.61. The Balaban J connectivity index is 1.89. The van der Waals surface area contributed by atoms with Crippen molar-refractivity contribution in [1.29, 1.82) is 0 Å². The van der Waals surface area contributed by atoms with Crippen LogP contribution in [0.25, 0.3) is 12.2 Å². The Morgan fingerprint density at radius 1 is 0.829 bits per heavy atom. The average Bonchev–Trinajstić information content (AvgIpc) is 2.88. The molecule has 1 aliphatic heterocycles. The zero-order chi connectivity index (χ0) is 25.5.